The van der Waals surface area contributed by atoms with Crippen LogP contribution in [0.5, 0.6) is 0 Å². The molecule has 150 valence electrons. The predicted octanol–water partition coefficient (Wildman–Crippen LogP) is 5.20. The van der Waals surface area contributed by atoms with Gasteiger partial charge in [-0.2, -0.15) is 0 Å². The van der Waals surface area contributed by atoms with E-state index in [4.69, 9.17) is 4.42 Å². The third kappa shape index (κ3) is 5.27. The first-order valence-corrected chi connectivity index (χ1v) is 11.3. The van der Waals surface area contributed by atoms with Crippen LogP contribution in [0.15, 0.2) is 57.4 Å². The average Bonchev–Trinajstić information content (AvgIpc) is 3.46. The summed E-state index contributed by atoms with van der Waals surface area (Å²) in [5.74, 6) is -0.271. The molecule has 0 spiro atoms. The van der Waals surface area contributed by atoms with Gasteiger partial charge in [0.2, 0.25) is 5.91 Å². The number of nitrogens with zero attached hydrogens (tertiary/aromatic N) is 1. The van der Waals surface area contributed by atoms with Crippen molar-refractivity contribution >= 4 is 45.7 Å². The molecule has 1 fully saturated rings. The van der Waals surface area contributed by atoms with E-state index in [0.717, 1.165) is 10.6 Å². The van der Waals surface area contributed by atoms with E-state index in [0.29, 0.717) is 16.1 Å². The zero-order valence-electron chi connectivity index (χ0n) is 15.7. The van der Waals surface area contributed by atoms with Crippen molar-refractivity contribution in [2.24, 2.45) is 0 Å². The van der Waals surface area contributed by atoms with Crippen LogP contribution in [0.3, 0.4) is 0 Å². The summed E-state index contributed by atoms with van der Waals surface area (Å²) in [6, 6.07) is 11.2. The van der Waals surface area contributed by atoms with Gasteiger partial charge in [-0.3, -0.25) is 14.9 Å². The molecule has 0 atom stereocenters. The maximum absolute atomic E-state index is 12.5. The number of thiazole rings is 1. The van der Waals surface area contributed by atoms with Crippen molar-refractivity contribution < 1.29 is 14.0 Å². The molecule has 6 nitrogen and oxygen atoms in total. The van der Waals surface area contributed by atoms with Crippen LogP contribution in [0, 0.1) is 0 Å². The summed E-state index contributed by atoms with van der Waals surface area (Å²) in [6.45, 7) is 0. The Bertz CT molecular complexity index is 979. The highest BCUT2D eigenvalue weighted by Gasteiger charge is 2.18. The van der Waals surface area contributed by atoms with E-state index in [-0.39, 0.29) is 24.0 Å². The number of carbonyl (C=O) groups is 2. The van der Waals surface area contributed by atoms with E-state index >= 15 is 0 Å². The second-order valence-corrected chi connectivity index (χ2v) is 9.02. The highest BCUT2D eigenvalue weighted by Crippen LogP contribution is 2.38. The van der Waals surface area contributed by atoms with E-state index in [9.17, 15) is 9.59 Å². The number of thioether (sulfide) groups is 1. The fourth-order valence-corrected chi connectivity index (χ4v) is 5.27. The Morgan fingerprint density at radius 1 is 1.14 bits per heavy atom. The molecule has 0 bridgehead atoms. The van der Waals surface area contributed by atoms with Crippen LogP contribution in [0.25, 0.3) is 0 Å². The molecular formula is C21H21N3O3S2. The summed E-state index contributed by atoms with van der Waals surface area (Å²) < 4.78 is 5.06. The number of hydrogen-bond donors (Lipinski definition) is 2. The van der Waals surface area contributed by atoms with Crippen LogP contribution in [-0.4, -0.2) is 22.0 Å². The molecule has 0 saturated heterocycles. The zero-order valence-corrected chi connectivity index (χ0v) is 17.4. The maximum Gasteiger partial charge on any atom is 0.293 e. The lowest BCUT2D eigenvalue weighted by molar-refractivity contribution is -0.115. The third-order valence-corrected chi connectivity index (χ3v) is 6.84. The van der Waals surface area contributed by atoms with E-state index < -0.39 is 0 Å². The molecule has 1 aliphatic rings. The Hall–Kier alpha value is -2.58. The quantitative estimate of drug-likeness (QED) is 0.541. The number of benzene rings is 1. The Labute approximate surface area is 177 Å². The molecule has 2 aromatic heterocycles. The van der Waals surface area contributed by atoms with Crippen LogP contribution in [0.4, 0.5) is 10.8 Å². The van der Waals surface area contributed by atoms with E-state index in [1.807, 2.05) is 30.0 Å². The number of carbonyl (C=O) groups excluding carboxylic acids is 2. The van der Waals surface area contributed by atoms with Gasteiger partial charge in [-0.05, 0) is 37.1 Å². The first-order chi connectivity index (χ1) is 14.2. The first kappa shape index (κ1) is 19.7. The van der Waals surface area contributed by atoms with E-state index in [2.05, 4.69) is 21.7 Å². The molecule has 1 aromatic carbocycles. The number of anilines is 2. The molecule has 2 heterocycles. The number of hydrogen-bond acceptors (Lipinski definition) is 6. The van der Waals surface area contributed by atoms with Gasteiger partial charge < -0.3 is 9.73 Å². The van der Waals surface area contributed by atoms with Gasteiger partial charge in [0.25, 0.3) is 5.91 Å². The molecule has 29 heavy (non-hydrogen) atoms. The van der Waals surface area contributed by atoms with Gasteiger partial charge in [0.1, 0.15) is 0 Å². The molecular weight excluding hydrogens is 406 g/mol. The number of para-hydroxylation sites is 1. The summed E-state index contributed by atoms with van der Waals surface area (Å²) >= 11 is 3.13. The molecule has 0 aliphatic heterocycles. The summed E-state index contributed by atoms with van der Waals surface area (Å²) in [5.41, 5.74) is 1.46. The van der Waals surface area contributed by atoms with E-state index in [1.54, 1.807) is 17.5 Å². The lowest BCUT2D eigenvalue weighted by atomic mass is 10.3. The second kappa shape index (κ2) is 9.28. The SMILES string of the molecule is O=C(Cc1csc(NC(=O)c2ccco2)n1)Nc1ccccc1SC1CCCC1. The standard InChI is InChI=1S/C21H21N3O3S2/c25-19(23-16-8-3-4-10-18(16)29-15-6-1-2-7-15)12-14-13-28-21(22-14)24-20(26)17-9-5-11-27-17/h3-5,8-11,13,15H,1-2,6-7,12H2,(H,23,25)(H,22,24,26). The second-order valence-electron chi connectivity index (χ2n) is 6.82. The van der Waals surface area contributed by atoms with Crippen molar-refractivity contribution in [3.63, 3.8) is 0 Å². The van der Waals surface area contributed by atoms with Crippen LogP contribution < -0.4 is 10.6 Å². The van der Waals surface area contributed by atoms with Crippen LogP contribution in [0.1, 0.15) is 41.9 Å². The third-order valence-electron chi connectivity index (χ3n) is 4.62. The molecule has 1 saturated carbocycles. The highest BCUT2D eigenvalue weighted by molar-refractivity contribution is 8.00. The van der Waals surface area contributed by atoms with Crippen molar-refractivity contribution in [2.75, 3.05) is 10.6 Å². The molecule has 3 aromatic rings. The smallest absolute Gasteiger partial charge is 0.293 e. The van der Waals surface area contributed by atoms with Gasteiger partial charge in [-0.15, -0.1) is 23.1 Å². The van der Waals surface area contributed by atoms with Crippen molar-refractivity contribution in [3.8, 4) is 0 Å². The number of aromatic nitrogens is 1. The molecule has 1 aliphatic carbocycles. The average molecular weight is 428 g/mol. The number of rotatable bonds is 7. The van der Waals surface area contributed by atoms with Crippen molar-refractivity contribution in [1.29, 1.82) is 0 Å². The summed E-state index contributed by atoms with van der Waals surface area (Å²) in [6.07, 6.45) is 6.63. The molecule has 2 N–H and O–H groups in total. The normalized spacial score (nSPS) is 14.1. The molecule has 0 unspecified atom stereocenters. The first-order valence-electron chi connectivity index (χ1n) is 9.52. The highest BCUT2D eigenvalue weighted by atomic mass is 32.2. The van der Waals surface area contributed by atoms with Crippen LogP contribution in [-0.2, 0) is 11.2 Å². The number of amides is 2. The van der Waals surface area contributed by atoms with Gasteiger partial charge >= 0.3 is 0 Å². The fourth-order valence-electron chi connectivity index (χ4n) is 3.23. The molecule has 2 amide bonds. The summed E-state index contributed by atoms with van der Waals surface area (Å²) in [5, 5.41) is 8.53. The van der Waals surface area contributed by atoms with Crippen molar-refractivity contribution in [2.45, 2.75) is 42.2 Å². The van der Waals surface area contributed by atoms with E-state index in [1.165, 1.54) is 43.3 Å². The summed E-state index contributed by atoms with van der Waals surface area (Å²) in [4.78, 5) is 30.0. The largest absolute Gasteiger partial charge is 0.459 e. The monoisotopic (exact) mass is 427 g/mol. The van der Waals surface area contributed by atoms with Gasteiger partial charge in [-0.1, -0.05) is 25.0 Å². The number of furan rings is 1. The Kier molecular flexibility index (Phi) is 6.31. The van der Waals surface area contributed by atoms with Crippen molar-refractivity contribution in [3.05, 3.63) is 59.5 Å². The fraction of sp³-hybridized carbons (Fsp3) is 0.286. The Morgan fingerprint density at radius 2 is 1.97 bits per heavy atom. The van der Waals surface area contributed by atoms with Crippen LogP contribution in [0.2, 0.25) is 0 Å². The summed E-state index contributed by atoms with van der Waals surface area (Å²) in [7, 11) is 0. The minimum Gasteiger partial charge on any atom is -0.459 e. The Balaban J connectivity index is 1.34. The van der Waals surface area contributed by atoms with Crippen LogP contribution >= 0.6 is 23.1 Å². The van der Waals surface area contributed by atoms with Crippen molar-refractivity contribution in [1.82, 2.24) is 4.98 Å². The van der Waals surface area contributed by atoms with Gasteiger partial charge in [0.15, 0.2) is 10.9 Å². The van der Waals surface area contributed by atoms with Gasteiger partial charge in [0.05, 0.1) is 24.1 Å². The number of nitrogens with one attached hydrogen (secondary N) is 2. The minimum atomic E-state index is -0.363. The zero-order chi connectivity index (χ0) is 20.1. The van der Waals surface area contributed by atoms with Gasteiger partial charge in [0, 0.05) is 15.5 Å². The lowest BCUT2D eigenvalue weighted by Gasteiger charge is -2.13. The predicted molar refractivity (Wildman–Crippen MR) is 116 cm³/mol. The molecule has 0 radical (unpaired) electrons. The lowest BCUT2D eigenvalue weighted by Crippen LogP contribution is -2.15. The molecule has 8 heteroatoms. The maximum atomic E-state index is 12.5. The minimum absolute atomic E-state index is 0.126. The topological polar surface area (TPSA) is 84.2 Å². The Morgan fingerprint density at radius 3 is 2.76 bits per heavy atom. The van der Waals surface area contributed by atoms with Gasteiger partial charge in [-0.25, -0.2) is 4.98 Å². The molecule has 4 rings (SSSR count).